The van der Waals surface area contributed by atoms with Gasteiger partial charge in [0, 0.05) is 43.3 Å². The standard InChI is InChI=1S/C26H26ClN3O2/c27-23-13-7-12-22(18-23)26(32)30-16-14-29(15-17-30)24(21-10-5-2-6-11-21)25(31)28-19-20-8-3-1-4-9-20/h1-13,18,24H,14-17,19H2,(H,28,31). The van der Waals surface area contributed by atoms with Gasteiger partial charge in [-0.15, -0.1) is 0 Å². The normalized spacial score (nSPS) is 15.2. The third-order valence-electron chi connectivity index (χ3n) is 5.71. The monoisotopic (exact) mass is 447 g/mol. The lowest BCUT2D eigenvalue weighted by atomic mass is 10.0. The lowest BCUT2D eigenvalue weighted by Gasteiger charge is -2.38. The topological polar surface area (TPSA) is 52.7 Å². The highest BCUT2D eigenvalue weighted by Gasteiger charge is 2.31. The van der Waals surface area contributed by atoms with E-state index in [2.05, 4.69) is 10.2 Å². The van der Waals surface area contributed by atoms with Crippen molar-refractivity contribution in [3.8, 4) is 0 Å². The van der Waals surface area contributed by atoms with Crippen molar-refractivity contribution in [3.63, 3.8) is 0 Å². The van der Waals surface area contributed by atoms with Crippen molar-refractivity contribution in [2.24, 2.45) is 0 Å². The second-order valence-corrected chi connectivity index (χ2v) is 8.29. The smallest absolute Gasteiger partial charge is 0.253 e. The first kappa shape index (κ1) is 22.1. The third kappa shape index (κ3) is 5.36. The molecule has 1 atom stereocenters. The molecule has 0 spiro atoms. The van der Waals surface area contributed by atoms with E-state index in [9.17, 15) is 9.59 Å². The van der Waals surface area contributed by atoms with Crippen LogP contribution < -0.4 is 5.32 Å². The Bertz CT molecular complexity index is 1050. The summed E-state index contributed by atoms with van der Waals surface area (Å²) in [4.78, 5) is 30.1. The van der Waals surface area contributed by atoms with Crippen molar-refractivity contribution in [3.05, 3.63) is 107 Å². The van der Waals surface area contributed by atoms with Gasteiger partial charge in [-0.05, 0) is 29.3 Å². The molecule has 32 heavy (non-hydrogen) atoms. The lowest BCUT2D eigenvalue weighted by molar-refractivity contribution is -0.127. The molecule has 0 radical (unpaired) electrons. The zero-order valence-corrected chi connectivity index (χ0v) is 18.5. The summed E-state index contributed by atoms with van der Waals surface area (Å²) in [6.45, 7) is 2.83. The quantitative estimate of drug-likeness (QED) is 0.617. The Morgan fingerprint density at radius 1 is 0.844 bits per heavy atom. The first-order chi connectivity index (χ1) is 15.6. The molecule has 1 heterocycles. The second kappa shape index (κ2) is 10.4. The van der Waals surface area contributed by atoms with Crippen LogP contribution in [0.3, 0.4) is 0 Å². The average molecular weight is 448 g/mol. The molecule has 3 aromatic carbocycles. The average Bonchev–Trinajstić information content (AvgIpc) is 2.84. The summed E-state index contributed by atoms with van der Waals surface area (Å²) >= 11 is 6.05. The van der Waals surface area contributed by atoms with Crippen LogP contribution in [0.4, 0.5) is 0 Å². The fourth-order valence-electron chi connectivity index (χ4n) is 4.03. The van der Waals surface area contributed by atoms with Gasteiger partial charge >= 0.3 is 0 Å². The Morgan fingerprint density at radius 2 is 1.50 bits per heavy atom. The van der Waals surface area contributed by atoms with Crippen LogP contribution in [-0.2, 0) is 11.3 Å². The molecule has 5 nitrogen and oxygen atoms in total. The van der Waals surface area contributed by atoms with Gasteiger partial charge < -0.3 is 10.2 Å². The van der Waals surface area contributed by atoms with E-state index in [-0.39, 0.29) is 11.8 Å². The van der Waals surface area contributed by atoms with Gasteiger partial charge in [-0.1, -0.05) is 78.3 Å². The Labute approximate surface area is 193 Å². The molecule has 0 bridgehead atoms. The first-order valence-corrected chi connectivity index (χ1v) is 11.1. The molecule has 0 saturated carbocycles. The summed E-state index contributed by atoms with van der Waals surface area (Å²) in [5.41, 5.74) is 2.60. The van der Waals surface area contributed by atoms with Gasteiger partial charge in [0.2, 0.25) is 5.91 Å². The first-order valence-electron chi connectivity index (χ1n) is 10.8. The number of carbonyl (C=O) groups excluding carboxylic acids is 2. The highest BCUT2D eigenvalue weighted by Crippen LogP contribution is 2.24. The van der Waals surface area contributed by atoms with Gasteiger partial charge in [0.15, 0.2) is 0 Å². The summed E-state index contributed by atoms with van der Waals surface area (Å²) < 4.78 is 0. The summed E-state index contributed by atoms with van der Waals surface area (Å²) in [6, 6.07) is 26.3. The lowest BCUT2D eigenvalue weighted by Crippen LogP contribution is -2.52. The number of hydrogen-bond donors (Lipinski definition) is 1. The minimum absolute atomic E-state index is 0.0306. The fourth-order valence-corrected chi connectivity index (χ4v) is 4.22. The van der Waals surface area contributed by atoms with Crippen LogP contribution in [0.25, 0.3) is 0 Å². The van der Waals surface area contributed by atoms with Gasteiger partial charge in [0.25, 0.3) is 5.91 Å². The fraction of sp³-hybridized carbons (Fsp3) is 0.231. The van der Waals surface area contributed by atoms with Crippen LogP contribution in [0.5, 0.6) is 0 Å². The van der Waals surface area contributed by atoms with E-state index < -0.39 is 6.04 Å². The summed E-state index contributed by atoms with van der Waals surface area (Å²) in [5.74, 6) is -0.0633. The largest absolute Gasteiger partial charge is 0.350 e. The van der Waals surface area contributed by atoms with Crippen molar-refractivity contribution in [1.82, 2.24) is 15.1 Å². The molecule has 4 rings (SSSR count). The van der Waals surface area contributed by atoms with Crippen molar-refractivity contribution in [1.29, 1.82) is 0 Å². The molecule has 3 aromatic rings. The summed E-state index contributed by atoms with van der Waals surface area (Å²) in [7, 11) is 0. The number of amides is 2. The summed E-state index contributed by atoms with van der Waals surface area (Å²) in [5, 5.41) is 3.63. The van der Waals surface area contributed by atoms with Crippen LogP contribution in [0.2, 0.25) is 5.02 Å². The molecule has 1 aliphatic rings. The van der Waals surface area contributed by atoms with Gasteiger partial charge in [-0.2, -0.15) is 0 Å². The molecule has 0 aliphatic carbocycles. The van der Waals surface area contributed by atoms with E-state index in [4.69, 9.17) is 11.6 Å². The van der Waals surface area contributed by atoms with E-state index in [1.807, 2.05) is 65.6 Å². The van der Waals surface area contributed by atoms with Gasteiger partial charge in [0.1, 0.15) is 6.04 Å². The predicted molar refractivity (Wildman–Crippen MR) is 126 cm³/mol. The number of benzene rings is 3. The molecular weight excluding hydrogens is 422 g/mol. The van der Waals surface area contributed by atoms with E-state index in [1.54, 1.807) is 24.3 Å². The van der Waals surface area contributed by atoms with E-state index in [0.29, 0.717) is 43.3 Å². The number of halogens is 1. The minimum atomic E-state index is -0.400. The molecule has 6 heteroatoms. The third-order valence-corrected chi connectivity index (χ3v) is 5.95. The van der Waals surface area contributed by atoms with Crippen molar-refractivity contribution >= 4 is 23.4 Å². The SMILES string of the molecule is O=C(NCc1ccccc1)C(c1ccccc1)N1CCN(C(=O)c2cccc(Cl)c2)CC1. The number of nitrogens with one attached hydrogen (secondary N) is 1. The van der Waals surface area contributed by atoms with Crippen LogP contribution in [0.1, 0.15) is 27.5 Å². The highest BCUT2D eigenvalue weighted by atomic mass is 35.5. The van der Waals surface area contributed by atoms with Crippen molar-refractivity contribution in [2.75, 3.05) is 26.2 Å². The minimum Gasteiger partial charge on any atom is -0.350 e. The molecular formula is C26H26ClN3O2. The van der Waals surface area contributed by atoms with Crippen LogP contribution >= 0.6 is 11.6 Å². The van der Waals surface area contributed by atoms with Crippen LogP contribution in [0, 0.1) is 0 Å². The Hall–Kier alpha value is -3.15. The molecule has 1 unspecified atom stereocenters. The molecule has 2 amide bonds. The maximum atomic E-state index is 13.2. The second-order valence-electron chi connectivity index (χ2n) is 7.86. The Kier molecular flexibility index (Phi) is 7.20. The molecule has 1 aliphatic heterocycles. The maximum Gasteiger partial charge on any atom is 0.253 e. The van der Waals surface area contributed by atoms with Gasteiger partial charge in [0.05, 0.1) is 0 Å². The number of hydrogen-bond acceptors (Lipinski definition) is 3. The van der Waals surface area contributed by atoms with Gasteiger partial charge in [-0.25, -0.2) is 0 Å². The number of piperazine rings is 1. The zero-order valence-electron chi connectivity index (χ0n) is 17.8. The number of nitrogens with zero attached hydrogens (tertiary/aromatic N) is 2. The predicted octanol–water partition coefficient (Wildman–Crippen LogP) is 4.16. The zero-order chi connectivity index (χ0) is 22.3. The van der Waals surface area contributed by atoms with E-state index >= 15 is 0 Å². The molecule has 1 N–H and O–H groups in total. The molecule has 1 fully saturated rings. The van der Waals surface area contributed by atoms with Crippen molar-refractivity contribution < 1.29 is 9.59 Å². The van der Waals surface area contributed by atoms with E-state index in [0.717, 1.165) is 11.1 Å². The summed E-state index contributed by atoms with van der Waals surface area (Å²) in [6.07, 6.45) is 0. The molecule has 164 valence electrons. The van der Waals surface area contributed by atoms with Crippen molar-refractivity contribution in [2.45, 2.75) is 12.6 Å². The Morgan fingerprint density at radius 3 is 2.16 bits per heavy atom. The van der Waals surface area contributed by atoms with E-state index in [1.165, 1.54) is 0 Å². The van der Waals surface area contributed by atoms with Crippen LogP contribution in [0.15, 0.2) is 84.9 Å². The number of rotatable bonds is 6. The molecule has 1 saturated heterocycles. The van der Waals surface area contributed by atoms with Crippen LogP contribution in [-0.4, -0.2) is 47.8 Å². The number of carbonyl (C=O) groups is 2. The maximum absolute atomic E-state index is 13.2. The molecule has 0 aromatic heterocycles. The van der Waals surface area contributed by atoms with Gasteiger partial charge in [-0.3, -0.25) is 14.5 Å². The highest BCUT2D eigenvalue weighted by molar-refractivity contribution is 6.30. The Balaban J connectivity index is 1.44.